The Morgan fingerprint density at radius 1 is 1.54 bits per heavy atom. The normalized spacial score (nSPS) is 24.3. The van der Waals surface area contributed by atoms with Crippen LogP contribution in [0.3, 0.4) is 0 Å². The summed E-state index contributed by atoms with van der Waals surface area (Å²) in [6.45, 7) is 4.01. The number of hydrogen-bond donors (Lipinski definition) is 0. The summed E-state index contributed by atoms with van der Waals surface area (Å²) >= 11 is 0. The molecule has 13 heavy (non-hydrogen) atoms. The maximum absolute atomic E-state index is 10.9. The quantitative estimate of drug-likeness (QED) is 0.527. The highest BCUT2D eigenvalue weighted by molar-refractivity contribution is 5.90. The van der Waals surface area contributed by atoms with Crippen LogP contribution in [0.15, 0.2) is 28.5 Å². The van der Waals surface area contributed by atoms with Crippen LogP contribution in [0.25, 0.3) is 0 Å². The number of rotatable bonds is 0. The highest BCUT2D eigenvalue weighted by atomic mass is 16.5. The summed E-state index contributed by atoms with van der Waals surface area (Å²) in [5.74, 6) is 0.410. The third kappa shape index (κ3) is 1.54. The average molecular weight is 177 g/mol. The van der Waals surface area contributed by atoms with Crippen molar-refractivity contribution in [3.8, 4) is 0 Å². The maximum atomic E-state index is 10.9. The van der Waals surface area contributed by atoms with Crippen LogP contribution in [0.1, 0.15) is 20.3 Å². The van der Waals surface area contributed by atoms with E-state index in [1.165, 1.54) is 0 Å². The Bertz CT molecular complexity index is 318. The van der Waals surface area contributed by atoms with Gasteiger partial charge in [-0.15, -0.1) is 0 Å². The van der Waals surface area contributed by atoms with Crippen molar-refractivity contribution in [3.05, 3.63) is 23.5 Å². The smallest absolute Gasteiger partial charge is 0.315 e. The molecular formula is C10H11NO2. The van der Waals surface area contributed by atoms with E-state index in [4.69, 9.17) is 4.74 Å². The summed E-state index contributed by atoms with van der Waals surface area (Å²) in [6.07, 6.45) is 5.91. The predicted molar refractivity (Wildman–Crippen MR) is 49.4 cm³/mol. The van der Waals surface area contributed by atoms with Crippen LogP contribution < -0.4 is 0 Å². The lowest BCUT2D eigenvalue weighted by molar-refractivity contribution is -0.135. The number of carbonyl (C=O) groups excluding carboxylic acids is 1. The molecule has 0 radical (unpaired) electrons. The minimum absolute atomic E-state index is 0.194. The monoisotopic (exact) mass is 177 g/mol. The van der Waals surface area contributed by atoms with Crippen molar-refractivity contribution in [1.82, 2.24) is 0 Å². The summed E-state index contributed by atoms with van der Waals surface area (Å²) in [4.78, 5) is 15.2. The first kappa shape index (κ1) is 8.23. The van der Waals surface area contributed by atoms with E-state index < -0.39 is 0 Å². The molecule has 0 fully saturated rings. The summed E-state index contributed by atoms with van der Waals surface area (Å²) in [7, 11) is 0. The highest BCUT2D eigenvalue weighted by Gasteiger charge is 2.24. The van der Waals surface area contributed by atoms with E-state index in [1.807, 2.05) is 26.0 Å². The molecule has 0 atom stereocenters. The second-order valence-electron chi connectivity index (χ2n) is 3.79. The Hall–Kier alpha value is -1.38. The molecule has 0 N–H and O–H groups in total. The SMILES string of the molecule is CC1(C)C=CC2=C(C=N1)OC(=O)C2. The molecule has 0 spiro atoms. The Kier molecular flexibility index (Phi) is 1.62. The van der Waals surface area contributed by atoms with Gasteiger partial charge in [-0.2, -0.15) is 0 Å². The van der Waals surface area contributed by atoms with Crippen molar-refractivity contribution in [2.45, 2.75) is 25.8 Å². The largest absolute Gasteiger partial charge is 0.424 e. The predicted octanol–water partition coefficient (Wildman–Crippen LogP) is 1.61. The molecule has 0 aromatic rings. The van der Waals surface area contributed by atoms with Crippen molar-refractivity contribution < 1.29 is 9.53 Å². The number of allylic oxidation sites excluding steroid dienone is 2. The molecule has 0 aromatic heterocycles. The van der Waals surface area contributed by atoms with Crippen molar-refractivity contribution >= 4 is 12.2 Å². The van der Waals surface area contributed by atoms with Gasteiger partial charge in [0.2, 0.25) is 0 Å². The van der Waals surface area contributed by atoms with Crippen LogP contribution in [-0.2, 0) is 9.53 Å². The molecule has 0 unspecified atom stereocenters. The van der Waals surface area contributed by atoms with Crippen LogP contribution in [0.5, 0.6) is 0 Å². The number of nitrogens with zero attached hydrogens (tertiary/aromatic N) is 1. The van der Waals surface area contributed by atoms with E-state index in [-0.39, 0.29) is 11.5 Å². The van der Waals surface area contributed by atoms with Crippen molar-refractivity contribution in [1.29, 1.82) is 0 Å². The number of hydrogen-bond acceptors (Lipinski definition) is 3. The van der Waals surface area contributed by atoms with Gasteiger partial charge in [0.05, 0.1) is 18.2 Å². The minimum atomic E-state index is -0.198. The zero-order valence-electron chi connectivity index (χ0n) is 7.70. The second kappa shape index (κ2) is 2.55. The van der Waals surface area contributed by atoms with Crippen LogP contribution in [0.4, 0.5) is 0 Å². The molecule has 0 aromatic carbocycles. The van der Waals surface area contributed by atoms with E-state index >= 15 is 0 Å². The van der Waals surface area contributed by atoms with E-state index in [0.717, 1.165) is 5.57 Å². The van der Waals surface area contributed by atoms with Crippen molar-refractivity contribution in [3.63, 3.8) is 0 Å². The molecule has 0 aliphatic carbocycles. The van der Waals surface area contributed by atoms with Gasteiger partial charge in [-0.1, -0.05) is 12.2 Å². The summed E-state index contributed by atoms with van der Waals surface area (Å²) in [6, 6.07) is 0. The first-order valence-corrected chi connectivity index (χ1v) is 4.25. The number of ether oxygens (including phenoxy) is 1. The van der Waals surface area contributed by atoms with E-state index in [0.29, 0.717) is 12.2 Å². The van der Waals surface area contributed by atoms with Gasteiger partial charge in [-0.25, -0.2) is 0 Å². The van der Waals surface area contributed by atoms with Gasteiger partial charge in [0.1, 0.15) is 0 Å². The topological polar surface area (TPSA) is 38.7 Å². The van der Waals surface area contributed by atoms with Gasteiger partial charge >= 0.3 is 5.97 Å². The minimum Gasteiger partial charge on any atom is -0.424 e. The fraction of sp³-hybridized carbons (Fsp3) is 0.400. The molecule has 2 aliphatic rings. The van der Waals surface area contributed by atoms with E-state index in [2.05, 4.69) is 4.99 Å². The molecule has 3 heteroatoms. The third-order valence-electron chi connectivity index (χ3n) is 2.08. The second-order valence-corrected chi connectivity index (χ2v) is 3.79. The van der Waals surface area contributed by atoms with Gasteiger partial charge < -0.3 is 4.74 Å². The zero-order valence-corrected chi connectivity index (χ0v) is 7.70. The van der Waals surface area contributed by atoms with E-state index in [1.54, 1.807) is 6.21 Å². The lowest BCUT2D eigenvalue weighted by atomic mass is 10.0. The Morgan fingerprint density at radius 3 is 3.08 bits per heavy atom. The van der Waals surface area contributed by atoms with Gasteiger partial charge in [0, 0.05) is 5.57 Å². The molecule has 68 valence electrons. The standard InChI is InChI=1S/C10H11NO2/c1-10(2)4-3-7-5-9(12)13-8(7)6-11-10/h3-4,6H,5H2,1-2H3. The fourth-order valence-electron chi connectivity index (χ4n) is 1.29. The number of esters is 1. The third-order valence-corrected chi connectivity index (χ3v) is 2.08. The lowest BCUT2D eigenvalue weighted by Gasteiger charge is -2.12. The Morgan fingerprint density at radius 2 is 2.31 bits per heavy atom. The number of carbonyl (C=O) groups is 1. The average Bonchev–Trinajstić information content (AvgIpc) is 2.34. The molecule has 0 bridgehead atoms. The Labute approximate surface area is 76.8 Å². The summed E-state index contributed by atoms with van der Waals surface area (Å²) in [5.41, 5.74) is 0.732. The molecule has 0 amide bonds. The van der Waals surface area contributed by atoms with Crippen LogP contribution in [0.2, 0.25) is 0 Å². The summed E-state index contributed by atoms with van der Waals surface area (Å²) in [5, 5.41) is 0. The molecule has 0 saturated carbocycles. The lowest BCUT2D eigenvalue weighted by Crippen LogP contribution is -2.12. The molecule has 2 heterocycles. The van der Waals surface area contributed by atoms with E-state index in [9.17, 15) is 4.79 Å². The molecule has 2 aliphatic heterocycles. The van der Waals surface area contributed by atoms with Crippen molar-refractivity contribution in [2.75, 3.05) is 0 Å². The van der Waals surface area contributed by atoms with Gasteiger partial charge in [-0.05, 0) is 13.8 Å². The van der Waals surface area contributed by atoms with Crippen LogP contribution in [0, 0.1) is 0 Å². The van der Waals surface area contributed by atoms with Gasteiger partial charge in [0.15, 0.2) is 5.76 Å². The van der Waals surface area contributed by atoms with Gasteiger partial charge in [0.25, 0.3) is 0 Å². The zero-order chi connectivity index (χ0) is 9.47. The Balaban J connectivity index is 2.34. The van der Waals surface area contributed by atoms with Crippen molar-refractivity contribution in [2.24, 2.45) is 4.99 Å². The fourth-order valence-corrected chi connectivity index (χ4v) is 1.29. The first-order valence-electron chi connectivity index (χ1n) is 4.25. The van der Waals surface area contributed by atoms with Crippen LogP contribution in [-0.4, -0.2) is 17.7 Å². The highest BCUT2D eigenvalue weighted by Crippen LogP contribution is 2.25. The first-order chi connectivity index (χ1) is 6.07. The maximum Gasteiger partial charge on any atom is 0.315 e. The number of aliphatic imine (C=N–C) groups is 1. The molecule has 3 nitrogen and oxygen atoms in total. The summed E-state index contributed by atoms with van der Waals surface area (Å²) < 4.78 is 4.98. The molecule has 0 saturated heterocycles. The molecule has 2 rings (SSSR count). The van der Waals surface area contributed by atoms with Gasteiger partial charge in [-0.3, -0.25) is 9.79 Å². The van der Waals surface area contributed by atoms with Crippen LogP contribution >= 0.6 is 0 Å². The molecular weight excluding hydrogens is 166 g/mol.